The molecule has 0 saturated carbocycles. The zero-order chi connectivity index (χ0) is 14.4. The van der Waals surface area contributed by atoms with Crippen LogP contribution in [0.5, 0.6) is 0 Å². The molecule has 0 aliphatic rings. The van der Waals surface area contributed by atoms with Crippen LogP contribution in [0.15, 0.2) is 24.3 Å². The van der Waals surface area contributed by atoms with Crippen molar-refractivity contribution in [1.82, 2.24) is 4.90 Å². The minimum atomic E-state index is -0.776. The predicted molar refractivity (Wildman–Crippen MR) is 73.5 cm³/mol. The normalized spacial score (nSPS) is 12.9. The highest BCUT2D eigenvalue weighted by Crippen LogP contribution is 2.23. The molecule has 106 valence electrons. The molecule has 0 aromatic heterocycles. The van der Waals surface area contributed by atoms with Crippen LogP contribution in [0.2, 0.25) is 0 Å². The van der Waals surface area contributed by atoms with E-state index in [1.54, 1.807) is 6.07 Å². The van der Waals surface area contributed by atoms with Gasteiger partial charge in [-0.15, -0.1) is 0 Å². The van der Waals surface area contributed by atoms with E-state index < -0.39 is 5.97 Å². The van der Waals surface area contributed by atoms with Crippen LogP contribution in [0, 0.1) is 5.82 Å². The van der Waals surface area contributed by atoms with Gasteiger partial charge in [0.15, 0.2) is 0 Å². The van der Waals surface area contributed by atoms with Gasteiger partial charge in [-0.05, 0) is 51.4 Å². The molecule has 0 spiro atoms. The second-order valence-electron chi connectivity index (χ2n) is 5.06. The van der Waals surface area contributed by atoms with Gasteiger partial charge in [0.2, 0.25) is 0 Å². The molecule has 1 atom stereocenters. The van der Waals surface area contributed by atoms with Crippen molar-refractivity contribution in [1.29, 1.82) is 0 Å². The molecule has 1 unspecified atom stereocenters. The number of carbonyl (C=O) groups is 1. The van der Waals surface area contributed by atoms with Crippen LogP contribution < -0.4 is 0 Å². The second-order valence-corrected chi connectivity index (χ2v) is 5.06. The molecule has 19 heavy (non-hydrogen) atoms. The van der Waals surface area contributed by atoms with Gasteiger partial charge in [0.1, 0.15) is 5.82 Å². The van der Waals surface area contributed by atoms with Crippen molar-refractivity contribution in [3.05, 3.63) is 35.6 Å². The Balaban J connectivity index is 2.72. The number of aliphatic carboxylic acids is 1. The number of halogens is 1. The zero-order valence-electron chi connectivity index (χ0n) is 11.8. The fraction of sp³-hybridized carbons (Fsp3) is 0.533. The van der Waals surface area contributed by atoms with Crippen molar-refractivity contribution in [3.8, 4) is 0 Å². The third-order valence-electron chi connectivity index (χ3n) is 3.30. The molecule has 3 nitrogen and oxygen atoms in total. The van der Waals surface area contributed by atoms with Crippen LogP contribution in [-0.2, 0) is 4.79 Å². The molecule has 0 saturated heterocycles. The van der Waals surface area contributed by atoms with E-state index in [1.807, 2.05) is 13.0 Å². The number of nitrogens with zero attached hydrogens (tertiary/aromatic N) is 1. The Morgan fingerprint density at radius 3 is 2.58 bits per heavy atom. The maximum atomic E-state index is 13.3. The summed E-state index contributed by atoms with van der Waals surface area (Å²) in [6, 6.07) is 6.94. The van der Waals surface area contributed by atoms with Crippen molar-refractivity contribution in [2.75, 3.05) is 6.54 Å². The summed E-state index contributed by atoms with van der Waals surface area (Å²) >= 11 is 0. The predicted octanol–water partition coefficient (Wildman–Crippen LogP) is 3.46. The monoisotopic (exact) mass is 267 g/mol. The highest BCUT2D eigenvalue weighted by Gasteiger charge is 2.19. The lowest BCUT2D eigenvalue weighted by atomic mass is 10.0. The summed E-state index contributed by atoms with van der Waals surface area (Å²) in [6.45, 7) is 6.85. The first-order valence-corrected chi connectivity index (χ1v) is 6.64. The van der Waals surface area contributed by atoms with E-state index >= 15 is 0 Å². The average molecular weight is 267 g/mol. The van der Waals surface area contributed by atoms with Crippen molar-refractivity contribution < 1.29 is 14.3 Å². The molecular formula is C15H22FNO2. The third kappa shape index (κ3) is 4.99. The van der Waals surface area contributed by atoms with E-state index in [1.165, 1.54) is 12.1 Å². The van der Waals surface area contributed by atoms with E-state index in [4.69, 9.17) is 5.11 Å². The van der Waals surface area contributed by atoms with Gasteiger partial charge in [0.05, 0.1) is 0 Å². The summed E-state index contributed by atoms with van der Waals surface area (Å²) in [6.07, 6.45) is 0.770. The molecule has 0 bridgehead atoms. The molecule has 0 aliphatic carbocycles. The number of rotatable bonds is 7. The quantitative estimate of drug-likeness (QED) is 0.822. The first kappa shape index (κ1) is 15.6. The van der Waals surface area contributed by atoms with E-state index in [0.717, 1.165) is 5.56 Å². The summed E-state index contributed by atoms with van der Waals surface area (Å²) in [5.74, 6) is -1.01. The van der Waals surface area contributed by atoms with Crippen molar-refractivity contribution in [2.24, 2.45) is 0 Å². The fourth-order valence-corrected chi connectivity index (χ4v) is 2.27. The molecule has 0 aliphatic heterocycles. The van der Waals surface area contributed by atoms with Crippen LogP contribution in [0.25, 0.3) is 0 Å². The molecule has 0 amide bonds. The minimum absolute atomic E-state index is 0.0736. The fourth-order valence-electron chi connectivity index (χ4n) is 2.27. The summed E-state index contributed by atoms with van der Waals surface area (Å²) in [5, 5.41) is 8.69. The SMILES string of the molecule is CC(C)N(CCCC(=O)O)C(C)c1cccc(F)c1. The van der Waals surface area contributed by atoms with Crippen molar-refractivity contribution in [3.63, 3.8) is 0 Å². The van der Waals surface area contributed by atoms with Gasteiger partial charge in [-0.1, -0.05) is 12.1 Å². The highest BCUT2D eigenvalue weighted by atomic mass is 19.1. The van der Waals surface area contributed by atoms with Crippen LogP contribution in [-0.4, -0.2) is 28.6 Å². The standard InChI is InChI=1S/C15H22FNO2/c1-11(2)17(9-5-8-15(18)19)12(3)13-6-4-7-14(16)10-13/h4,6-7,10-12H,5,8-9H2,1-3H3,(H,18,19). The van der Waals surface area contributed by atoms with Gasteiger partial charge in [-0.2, -0.15) is 0 Å². The van der Waals surface area contributed by atoms with Crippen LogP contribution in [0.4, 0.5) is 4.39 Å². The summed E-state index contributed by atoms with van der Waals surface area (Å²) in [5.41, 5.74) is 0.920. The smallest absolute Gasteiger partial charge is 0.303 e. The maximum absolute atomic E-state index is 13.3. The molecule has 0 heterocycles. The van der Waals surface area contributed by atoms with Crippen LogP contribution >= 0.6 is 0 Å². The Labute approximate surface area is 114 Å². The third-order valence-corrected chi connectivity index (χ3v) is 3.30. The van der Waals surface area contributed by atoms with E-state index in [2.05, 4.69) is 18.7 Å². The summed E-state index contributed by atoms with van der Waals surface area (Å²) in [4.78, 5) is 12.8. The maximum Gasteiger partial charge on any atom is 0.303 e. The van der Waals surface area contributed by atoms with Crippen LogP contribution in [0.3, 0.4) is 0 Å². The van der Waals surface area contributed by atoms with Gasteiger partial charge in [-0.3, -0.25) is 9.69 Å². The molecule has 0 radical (unpaired) electrons. The molecule has 1 aromatic rings. The summed E-state index contributed by atoms with van der Waals surface area (Å²) < 4.78 is 13.3. The zero-order valence-corrected chi connectivity index (χ0v) is 11.8. The Bertz CT molecular complexity index is 420. The Kier molecular flexibility index (Phi) is 5.96. The van der Waals surface area contributed by atoms with Gasteiger partial charge in [-0.25, -0.2) is 4.39 Å². The summed E-state index contributed by atoms with van der Waals surface area (Å²) in [7, 11) is 0. The topological polar surface area (TPSA) is 40.5 Å². The molecule has 1 aromatic carbocycles. The van der Waals surface area contributed by atoms with Gasteiger partial charge in [0.25, 0.3) is 0 Å². The van der Waals surface area contributed by atoms with Crippen LogP contribution in [0.1, 0.15) is 45.2 Å². The lowest BCUT2D eigenvalue weighted by Crippen LogP contribution is -2.34. The Morgan fingerprint density at radius 1 is 1.37 bits per heavy atom. The van der Waals surface area contributed by atoms with Gasteiger partial charge in [0, 0.05) is 18.5 Å². The Morgan fingerprint density at radius 2 is 2.05 bits per heavy atom. The van der Waals surface area contributed by atoms with E-state index in [0.29, 0.717) is 13.0 Å². The molecular weight excluding hydrogens is 245 g/mol. The first-order valence-electron chi connectivity index (χ1n) is 6.64. The van der Waals surface area contributed by atoms with E-state index in [9.17, 15) is 9.18 Å². The first-order chi connectivity index (χ1) is 8.91. The van der Waals surface area contributed by atoms with Gasteiger partial charge >= 0.3 is 5.97 Å². The number of hydrogen-bond acceptors (Lipinski definition) is 2. The lowest BCUT2D eigenvalue weighted by Gasteiger charge is -2.33. The Hall–Kier alpha value is -1.42. The lowest BCUT2D eigenvalue weighted by molar-refractivity contribution is -0.137. The number of benzene rings is 1. The molecule has 1 rings (SSSR count). The molecule has 0 fully saturated rings. The second kappa shape index (κ2) is 7.24. The van der Waals surface area contributed by atoms with Crippen molar-refractivity contribution >= 4 is 5.97 Å². The average Bonchev–Trinajstić information content (AvgIpc) is 2.33. The minimum Gasteiger partial charge on any atom is -0.481 e. The number of carboxylic acid groups (broad SMARTS) is 1. The van der Waals surface area contributed by atoms with Gasteiger partial charge < -0.3 is 5.11 Å². The number of hydrogen-bond donors (Lipinski definition) is 1. The largest absolute Gasteiger partial charge is 0.481 e. The molecule has 4 heteroatoms. The molecule has 1 N–H and O–H groups in total. The highest BCUT2D eigenvalue weighted by molar-refractivity contribution is 5.66. The van der Waals surface area contributed by atoms with E-state index in [-0.39, 0.29) is 24.3 Å². The van der Waals surface area contributed by atoms with Crippen molar-refractivity contribution in [2.45, 2.75) is 45.7 Å². The number of carboxylic acids is 1.